The summed E-state index contributed by atoms with van der Waals surface area (Å²) in [6.45, 7) is 2.14. The predicted octanol–water partition coefficient (Wildman–Crippen LogP) is 9.04. The van der Waals surface area contributed by atoms with Gasteiger partial charge in [0.1, 0.15) is 28.2 Å². The molecule has 0 radical (unpaired) electrons. The zero-order chi connectivity index (χ0) is 21.8. The van der Waals surface area contributed by atoms with E-state index in [1.165, 1.54) is 22.3 Å². The molecule has 0 atom stereocenters. The molecule has 0 saturated carbocycles. The Labute approximate surface area is 203 Å². The maximum absolute atomic E-state index is 12.3. The molecule has 2 aromatic heterocycles. The molecular weight excluding hydrogens is 510 g/mol. The van der Waals surface area contributed by atoms with E-state index >= 15 is 0 Å². The Morgan fingerprint density at radius 2 is 1.67 bits per heavy atom. The van der Waals surface area contributed by atoms with Gasteiger partial charge in [-0.25, -0.2) is 0 Å². The summed E-state index contributed by atoms with van der Waals surface area (Å²) >= 11 is 31.8. The van der Waals surface area contributed by atoms with E-state index in [9.17, 15) is 4.79 Å². The molecule has 0 aliphatic heterocycles. The van der Waals surface area contributed by atoms with Gasteiger partial charge in [-0.05, 0) is 42.8 Å². The van der Waals surface area contributed by atoms with Gasteiger partial charge in [0, 0.05) is 4.88 Å². The lowest BCUT2D eigenvalue weighted by Gasteiger charge is -2.12. The van der Waals surface area contributed by atoms with Gasteiger partial charge < -0.3 is 9.15 Å². The SMILES string of the molecule is CCCc1ccc(C(=O)/C=C/c2ccc(COc3c(Cl)c(Cl)c(Cl)c(Cl)c3Cl)o2)s1. The normalized spacial score (nSPS) is 11.4. The first kappa shape index (κ1) is 23.5. The standard InChI is InChI=1S/C21H15Cl5O3S/c1-2-3-13-7-9-15(30-13)14(27)8-6-11-4-5-12(29-11)10-28-21-19(25)17(23)16(22)18(24)20(21)26/h4-9H,2-3,10H2,1H3/b8-6+. The second kappa shape index (κ2) is 10.4. The third kappa shape index (κ3) is 5.37. The molecule has 0 unspecified atom stereocenters. The second-order valence-corrected chi connectivity index (χ2v) is 9.26. The van der Waals surface area contributed by atoms with Crippen LogP contribution >= 0.6 is 69.3 Å². The Morgan fingerprint density at radius 1 is 1.00 bits per heavy atom. The van der Waals surface area contributed by atoms with Crippen LogP contribution in [0.5, 0.6) is 5.75 Å². The van der Waals surface area contributed by atoms with Crippen LogP contribution in [0.25, 0.3) is 6.08 Å². The number of furan rings is 1. The summed E-state index contributed by atoms with van der Waals surface area (Å²) in [5, 5.41) is 0.293. The van der Waals surface area contributed by atoms with Gasteiger partial charge in [-0.3, -0.25) is 4.79 Å². The Hall–Kier alpha value is -1.14. The van der Waals surface area contributed by atoms with E-state index < -0.39 is 0 Å². The molecule has 0 saturated heterocycles. The van der Waals surface area contributed by atoms with Crippen molar-refractivity contribution in [1.82, 2.24) is 0 Å². The summed E-state index contributed by atoms with van der Waals surface area (Å²) in [5.41, 5.74) is 0. The molecule has 0 aliphatic carbocycles. The summed E-state index contributed by atoms with van der Waals surface area (Å²) < 4.78 is 11.3. The summed E-state index contributed by atoms with van der Waals surface area (Å²) in [5.74, 6) is 1.05. The van der Waals surface area contributed by atoms with Gasteiger partial charge in [0.2, 0.25) is 0 Å². The fourth-order valence-electron chi connectivity index (χ4n) is 2.55. The number of allylic oxidation sites excluding steroid dienone is 1. The molecule has 0 amide bonds. The van der Waals surface area contributed by atoms with Crippen molar-refractivity contribution in [2.75, 3.05) is 0 Å². The quantitative estimate of drug-likeness (QED) is 0.128. The third-order valence-corrected chi connectivity index (χ3v) is 7.41. The zero-order valence-corrected chi connectivity index (χ0v) is 20.2. The Bertz CT molecular complexity index is 1070. The Kier molecular flexibility index (Phi) is 8.19. The largest absolute Gasteiger partial charge is 0.482 e. The second-order valence-electron chi connectivity index (χ2n) is 6.21. The highest BCUT2D eigenvalue weighted by Crippen LogP contribution is 2.48. The van der Waals surface area contributed by atoms with E-state index in [0.717, 1.165) is 12.8 Å². The predicted molar refractivity (Wildman–Crippen MR) is 126 cm³/mol. The lowest BCUT2D eigenvalue weighted by Crippen LogP contribution is -1.96. The number of carbonyl (C=O) groups excluding carboxylic acids is 1. The molecule has 0 N–H and O–H groups in total. The molecule has 3 nitrogen and oxygen atoms in total. The van der Waals surface area contributed by atoms with Crippen LogP contribution < -0.4 is 4.74 Å². The number of rotatable bonds is 8. The average Bonchev–Trinajstić information content (AvgIpc) is 3.39. The number of ketones is 1. The highest BCUT2D eigenvalue weighted by atomic mass is 35.5. The third-order valence-electron chi connectivity index (χ3n) is 4.01. The van der Waals surface area contributed by atoms with E-state index in [-0.39, 0.29) is 43.3 Å². The number of hydrogen-bond acceptors (Lipinski definition) is 4. The molecule has 0 bridgehead atoms. The fraction of sp³-hybridized carbons (Fsp3) is 0.190. The highest BCUT2D eigenvalue weighted by Gasteiger charge is 2.21. The first-order chi connectivity index (χ1) is 14.3. The minimum absolute atomic E-state index is 0.0286. The highest BCUT2D eigenvalue weighted by molar-refractivity contribution is 7.14. The van der Waals surface area contributed by atoms with Crippen molar-refractivity contribution in [3.05, 3.63) is 76.7 Å². The van der Waals surface area contributed by atoms with Crippen molar-refractivity contribution in [2.24, 2.45) is 0 Å². The number of thiophene rings is 1. The van der Waals surface area contributed by atoms with Gasteiger partial charge in [0.05, 0.1) is 19.9 Å². The zero-order valence-electron chi connectivity index (χ0n) is 15.6. The number of ether oxygens (including phenoxy) is 1. The molecule has 0 aliphatic rings. The van der Waals surface area contributed by atoms with Crippen molar-refractivity contribution in [1.29, 1.82) is 0 Å². The number of halogens is 5. The fourth-order valence-corrected chi connectivity index (χ4v) is 4.81. The molecule has 2 heterocycles. The van der Waals surface area contributed by atoms with Crippen molar-refractivity contribution in [3.63, 3.8) is 0 Å². The maximum atomic E-state index is 12.3. The van der Waals surface area contributed by atoms with Gasteiger partial charge in [0.15, 0.2) is 11.5 Å². The Balaban J connectivity index is 1.66. The van der Waals surface area contributed by atoms with E-state index in [4.69, 9.17) is 67.2 Å². The van der Waals surface area contributed by atoms with Gasteiger partial charge in [0.25, 0.3) is 0 Å². The Morgan fingerprint density at radius 3 is 2.33 bits per heavy atom. The monoisotopic (exact) mass is 522 g/mol. The van der Waals surface area contributed by atoms with Crippen LogP contribution in [0.1, 0.15) is 39.4 Å². The van der Waals surface area contributed by atoms with E-state index in [1.807, 2.05) is 12.1 Å². The van der Waals surface area contributed by atoms with Crippen molar-refractivity contribution in [2.45, 2.75) is 26.4 Å². The van der Waals surface area contributed by atoms with Crippen LogP contribution in [0.15, 0.2) is 34.8 Å². The van der Waals surface area contributed by atoms with Crippen LogP contribution in [0.2, 0.25) is 25.1 Å². The van der Waals surface area contributed by atoms with Crippen LogP contribution in [0.3, 0.4) is 0 Å². The van der Waals surface area contributed by atoms with Gasteiger partial charge in [-0.2, -0.15) is 0 Å². The van der Waals surface area contributed by atoms with Gasteiger partial charge in [-0.15, -0.1) is 11.3 Å². The van der Waals surface area contributed by atoms with E-state index in [2.05, 4.69) is 6.92 Å². The number of carbonyl (C=O) groups is 1. The van der Waals surface area contributed by atoms with Crippen LogP contribution in [-0.4, -0.2) is 5.78 Å². The van der Waals surface area contributed by atoms with Crippen LogP contribution in [0, 0.1) is 0 Å². The van der Waals surface area contributed by atoms with Crippen molar-refractivity contribution in [3.8, 4) is 5.75 Å². The minimum Gasteiger partial charge on any atom is -0.482 e. The van der Waals surface area contributed by atoms with E-state index in [0.29, 0.717) is 16.4 Å². The number of aryl methyl sites for hydroxylation is 1. The van der Waals surface area contributed by atoms with Gasteiger partial charge >= 0.3 is 0 Å². The van der Waals surface area contributed by atoms with Crippen molar-refractivity contribution >= 4 is 81.2 Å². The molecule has 0 spiro atoms. The number of benzene rings is 1. The molecule has 3 rings (SSSR count). The lowest BCUT2D eigenvalue weighted by molar-refractivity contribution is 0.105. The van der Waals surface area contributed by atoms with Gasteiger partial charge in [-0.1, -0.05) is 71.3 Å². The molecule has 30 heavy (non-hydrogen) atoms. The minimum atomic E-state index is -0.0689. The summed E-state index contributed by atoms with van der Waals surface area (Å²) in [6, 6.07) is 7.28. The van der Waals surface area contributed by atoms with E-state index in [1.54, 1.807) is 18.2 Å². The summed E-state index contributed by atoms with van der Waals surface area (Å²) in [7, 11) is 0. The molecule has 0 fully saturated rings. The molecule has 9 heteroatoms. The lowest BCUT2D eigenvalue weighted by atomic mass is 10.2. The van der Waals surface area contributed by atoms with Crippen LogP contribution in [0.4, 0.5) is 0 Å². The van der Waals surface area contributed by atoms with Crippen molar-refractivity contribution < 1.29 is 13.9 Å². The number of hydrogen-bond donors (Lipinski definition) is 0. The van der Waals surface area contributed by atoms with Crippen LogP contribution in [-0.2, 0) is 13.0 Å². The molecule has 3 aromatic rings. The topological polar surface area (TPSA) is 39.4 Å². The molecule has 158 valence electrons. The first-order valence-corrected chi connectivity index (χ1v) is 11.6. The average molecular weight is 525 g/mol. The smallest absolute Gasteiger partial charge is 0.195 e. The summed E-state index contributed by atoms with van der Waals surface area (Å²) in [6.07, 6.45) is 5.12. The first-order valence-electron chi connectivity index (χ1n) is 8.85. The molecule has 1 aromatic carbocycles. The maximum Gasteiger partial charge on any atom is 0.195 e. The molecular formula is C21H15Cl5O3S. The summed E-state index contributed by atoms with van der Waals surface area (Å²) in [4.78, 5) is 14.2.